The van der Waals surface area contributed by atoms with Gasteiger partial charge in [-0.25, -0.2) is 4.79 Å². The molecule has 6 nitrogen and oxygen atoms in total. The van der Waals surface area contributed by atoms with Gasteiger partial charge in [0.25, 0.3) is 0 Å². The molecule has 2 rings (SSSR count). The summed E-state index contributed by atoms with van der Waals surface area (Å²) < 4.78 is 5.06. The number of carbonyl (C=O) groups excluding carboxylic acids is 1. The zero-order chi connectivity index (χ0) is 15.2. The average Bonchev–Trinajstić information content (AvgIpc) is 2.53. The van der Waals surface area contributed by atoms with Crippen molar-refractivity contribution in [2.75, 3.05) is 19.7 Å². The van der Waals surface area contributed by atoms with Gasteiger partial charge in [0.05, 0.1) is 24.8 Å². The quantitative estimate of drug-likeness (QED) is 0.833. The van der Waals surface area contributed by atoms with E-state index in [-0.39, 0.29) is 19.1 Å². The number of morpholine rings is 1. The summed E-state index contributed by atoms with van der Waals surface area (Å²) in [4.78, 5) is 24.3. The van der Waals surface area contributed by atoms with Gasteiger partial charge in [-0.15, -0.1) is 0 Å². The fourth-order valence-corrected chi connectivity index (χ4v) is 1.98. The molecule has 0 aromatic heterocycles. The summed E-state index contributed by atoms with van der Waals surface area (Å²) in [5, 5.41) is 17.7. The van der Waals surface area contributed by atoms with Crippen molar-refractivity contribution in [1.82, 2.24) is 4.90 Å². The van der Waals surface area contributed by atoms with Gasteiger partial charge < -0.3 is 14.7 Å². The number of carboxylic acids is 1. The van der Waals surface area contributed by atoms with Crippen LogP contribution in [0.4, 0.5) is 0 Å². The van der Waals surface area contributed by atoms with E-state index in [2.05, 4.69) is 0 Å². The Labute approximate surface area is 121 Å². The van der Waals surface area contributed by atoms with E-state index in [0.29, 0.717) is 12.1 Å². The molecule has 6 heteroatoms. The smallest absolute Gasteiger partial charge is 0.334 e. The van der Waals surface area contributed by atoms with Gasteiger partial charge in [0.1, 0.15) is 0 Å². The molecule has 1 aliphatic rings. The molecule has 1 amide bonds. The van der Waals surface area contributed by atoms with Gasteiger partial charge in [0.15, 0.2) is 6.10 Å². The highest BCUT2D eigenvalue weighted by Crippen LogP contribution is 2.09. The number of carbonyl (C=O) groups is 2. The summed E-state index contributed by atoms with van der Waals surface area (Å²) in [7, 11) is 0. The third-order valence-corrected chi connectivity index (χ3v) is 3.09. The molecule has 0 aliphatic carbocycles. The van der Waals surface area contributed by atoms with Crippen molar-refractivity contribution in [3.63, 3.8) is 0 Å². The van der Waals surface area contributed by atoms with E-state index in [4.69, 9.17) is 15.1 Å². The number of rotatable bonds is 3. The highest BCUT2D eigenvalue weighted by atomic mass is 16.5. The number of aliphatic carboxylic acids is 1. The Morgan fingerprint density at radius 3 is 3.00 bits per heavy atom. The number of ether oxygens (including phenoxy) is 1. The first-order chi connectivity index (χ1) is 10.1. The lowest BCUT2D eigenvalue weighted by molar-refractivity contribution is -0.158. The maximum atomic E-state index is 12.0. The lowest BCUT2D eigenvalue weighted by Crippen LogP contribution is -2.48. The summed E-state index contributed by atoms with van der Waals surface area (Å²) in [6.07, 6.45) is 2.01. The molecule has 0 saturated carbocycles. The van der Waals surface area contributed by atoms with Crippen molar-refractivity contribution >= 4 is 18.0 Å². The molecule has 1 atom stereocenters. The molecular formula is C15H14N2O4. The van der Waals surface area contributed by atoms with E-state index >= 15 is 0 Å². The number of benzene rings is 1. The third kappa shape index (κ3) is 3.91. The molecule has 1 N–H and O–H groups in total. The zero-order valence-corrected chi connectivity index (χ0v) is 11.2. The molecule has 21 heavy (non-hydrogen) atoms. The van der Waals surface area contributed by atoms with Crippen molar-refractivity contribution in [3.8, 4) is 6.07 Å². The number of hydrogen-bond acceptors (Lipinski definition) is 4. The molecule has 1 unspecified atom stereocenters. The van der Waals surface area contributed by atoms with Crippen LogP contribution in [0.2, 0.25) is 0 Å². The minimum absolute atomic E-state index is 0.0384. The molecule has 0 spiro atoms. The second-order valence-corrected chi connectivity index (χ2v) is 4.55. The van der Waals surface area contributed by atoms with E-state index < -0.39 is 12.1 Å². The second kappa shape index (κ2) is 6.68. The van der Waals surface area contributed by atoms with Crippen LogP contribution in [0.5, 0.6) is 0 Å². The minimum atomic E-state index is -1.07. The number of carboxylic acid groups (broad SMARTS) is 1. The first-order valence-electron chi connectivity index (χ1n) is 6.41. The van der Waals surface area contributed by atoms with Crippen LogP contribution in [0.15, 0.2) is 30.3 Å². The summed E-state index contributed by atoms with van der Waals surface area (Å²) in [6, 6.07) is 8.89. The maximum absolute atomic E-state index is 12.0. The molecule has 0 bridgehead atoms. The van der Waals surface area contributed by atoms with Crippen LogP contribution in [-0.4, -0.2) is 47.7 Å². The minimum Gasteiger partial charge on any atom is -0.479 e. The van der Waals surface area contributed by atoms with Gasteiger partial charge in [-0.05, 0) is 23.8 Å². The standard InChI is InChI=1S/C15H14N2O4/c16-9-12-3-1-2-11(8-12)4-5-14(18)17-6-7-21-13(10-17)15(19)20/h1-5,8,13H,6-7,10H2,(H,19,20). The topological polar surface area (TPSA) is 90.6 Å². The van der Waals surface area contributed by atoms with E-state index in [1.54, 1.807) is 30.3 Å². The summed E-state index contributed by atoms with van der Waals surface area (Å²) >= 11 is 0. The monoisotopic (exact) mass is 286 g/mol. The van der Waals surface area contributed by atoms with Crippen LogP contribution in [0.3, 0.4) is 0 Å². The first-order valence-corrected chi connectivity index (χ1v) is 6.41. The van der Waals surface area contributed by atoms with Crippen LogP contribution < -0.4 is 0 Å². The van der Waals surface area contributed by atoms with Crippen LogP contribution in [0.1, 0.15) is 11.1 Å². The van der Waals surface area contributed by atoms with Crippen LogP contribution >= 0.6 is 0 Å². The fraction of sp³-hybridized carbons (Fsp3) is 0.267. The van der Waals surface area contributed by atoms with E-state index in [9.17, 15) is 9.59 Å². The number of amides is 1. The SMILES string of the molecule is N#Cc1cccc(C=CC(=O)N2CCOC(C(=O)O)C2)c1. The van der Waals surface area contributed by atoms with Crippen molar-refractivity contribution in [3.05, 3.63) is 41.5 Å². The first kappa shape index (κ1) is 14.8. The zero-order valence-electron chi connectivity index (χ0n) is 11.2. The largest absolute Gasteiger partial charge is 0.479 e. The lowest BCUT2D eigenvalue weighted by Gasteiger charge is -2.30. The van der Waals surface area contributed by atoms with Gasteiger partial charge in [0.2, 0.25) is 5.91 Å². The van der Waals surface area contributed by atoms with Gasteiger partial charge in [0, 0.05) is 12.6 Å². The lowest BCUT2D eigenvalue weighted by atomic mass is 10.1. The Hall–Kier alpha value is -2.65. The van der Waals surface area contributed by atoms with Crippen molar-refractivity contribution in [2.24, 2.45) is 0 Å². The Balaban J connectivity index is 2.02. The normalized spacial score (nSPS) is 18.4. The van der Waals surface area contributed by atoms with Crippen LogP contribution in [0, 0.1) is 11.3 Å². The molecule has 1 saturated heterocycles. The molecule has 1 aromatic rings. The Morgan fingerprint density at radius 1 is 1.48 bits per heavy atom. The van der Waals surface area contributed by atoms with Crippen molar-refractivity contribution < 1.29 is 19.4 Å². The van der Waals surface area contributed by atoms with E-state index in [0.717, 1.165) is 5.56 Å². The van der Waals surface area contributed by atoms with Gasteiger partial charge in [-0.1, -0.05) is 12.1 Å². The predicted molar refractivity (Wildman–Crippen MR) is 74.1 cm³/mol. The fourth-order valence-electron chi connectivity index (χ4n) is 1.98. The molecule has 1 aliphatic heterocycles. The van der Waals surface area contributed by atoms with Gasteiger partial charge >= 0.3 is 5.97 Å². The highest BCUT2D eigenvalue weighted by molar-refractivity contribution is 5.92. The number of nitriles is 1. The Kier molecular flexibility index (Phi) is 4.69. The van der Waals surface area contributed by atoms with Crippen molar-refractivity contribution in [1.29, 1.82) is 5.26 Å². The summed E-state index contributed by atoms with van der Waals surface area (Å²) in [5.41, 5.74) is 1.26. The Bertz CT molecular complexity index is 618. The van der Waals surface area contributed by atoms with Crippen LogP contribution in [-0.2, 0) is 14.3 Å². The number of nitrogens with zero attached hydrogens (tertiary/aromatic N) is 2. The third-order valence-electron chi connectivity index (χ3n) is 3.09. The molecular weight excluding hydrogens is 272 g/mol. The highest BCUT2D eigenvalue weighted by Gasteiger charge is 2.27. The van der Waals surface area contributed by atoms with Gasteiger partial charge in [-0.3, -0.25) is 4.79 Å². The van der Waals surface area contributed by atoms with Crippen LogP contribution in [0.25, 0.3) is 6.08 Å². The van der Waals surface area contributed by atoms with Gasteiger partial charge in [-0.2, -0.15) is 5.26 Å². The van der Waals surface area contributed by atoms with E-state index in [1.165, 1.54) is 11.0 Å². The second-order valence-electron chi connectivity index (χ2n) is 4.55. The average molecular weight is 286 g/mol. The molecule has 1 heterocycles. The summed E-state index contributed by atoms with van der Waals surface area (Å²) in [6.45, 7) is 0.613. The predicted octanol–water partition coefficient (Wildman–Crippen LogP) is 0.883. The Morgan fingerprint density at radius 2 is 2.29 bits per heavy atom. The maximum Gasteiger partial charge on any atom is 0.334 e. The molecule has 108 valence electrons. The molecule has 1 aromatic carbocycles. The molecule has 0 radical (unpaired) electrons. The molecule has 1 fully saturated rings. The van der Waals surface area contributed by atoms with Crippen molar-refractivity contribution in [2.45, 2.75) is 6.10 Å². The summed E-state index contributed by atoms with van der Waals surface area (Å²) in [5.74, 6) is -1.34. The number of hydrogen-bond donors (Lipinski definition) is 1. The van der Waals surface area contributed by atoms with E-state index in [1.807, 2.05) is 6.07 Å².